The molecule has 23 heavy (non-hydrogen) atoms. The topological polar surface area (TPSA) is 39.0 Å². The van der Waals surface area contributed by atoms with Gasteiger partial charge in [-0.1, -0.05) is 29.8 Å². The molecule has 0 saturated carbocycles. The minimum Gasteiger partial charge on any atom is -0.489 e. The van der Waals surface area contributed by atoms with E-state index in [1.807, 2.05) is 48.5 Å². The smallest absolute Gasteiger partial charge is 0.157 e. The van der Waals surface area contributed by atoms with E-state index in [-0.39, 0.29) is 0 Å². The third-order valence-electron chi connectivity index (χ3n) is 3.58. The summed E-state index contributed by atoms with van der Waals surface area (Å²) in [7, 11) is 0. The summed E-state index contributed by atoms with van der Waals surface area (Å²) >= 11 is 6.12. The monoisotopic (exact) mass is 328 g/mol. The van der Waals surface area contributed by atoms with E-state index >= 15 is 0 Å². The first-order valence-corrected chi connectivity index (χ1v) is 7.98. The van der Waals surface area contributed by atoms with Gasteiger partial charge < -0.3 is 14.5 Å². The van der Waals surface area contributed by atoms with Crippen LogP contribution in [0.4, 0.5) is 0 Å². The van der Waals surface area contributed by atoms with E-state index in [2.05, 4.69) is 17.4 Å². The Balaban J connectivity index is 1.48. The molecule has 0 amide bonds. The first-order valence-electron chi connectivity index (χ1n) is 7.60. The molecule has 0 aliphatic rings. The average Bonchev–Trinajstić information content (AvgIpc) is 3.09. The highest BCUT2D eigenvalue weighted by Crippen LogP contribution is 2.18. The second-order valence-corrected chi connectivity index (χ2v) is 5.71. The Kier molecular flexibility index (Phi) is 5.35. The van der Waals surface area contributed by atoms with Crippen LogP contribution in [-0.2, 0) is 19.7 Å². The highest BCUT2D eigenvalue weighted by atomic mass is 35.5. The molecular weight excluding hydrogens is 310 g/mol. The Morgan fingerprint density at radius 3 is 2.48 bits per heavy atom. The van der Waals surface area contributed by atoms with Crippen molar-refractivity contribution in [2.45, 2.75) is 19.7 Å². The number of benzene rings is 2. The van der Waals surface area contributed by atoms with E-state index in [0.717, 1.165) is 35.2 Å². The van der Waals surface area contributed by atoms with E-state index < -0.39 is 0 Å². The zero-order valence-corrected chi connectivity index (χ0v) is 13.5. The molecule has 1 heterocycles. The van der Waals surface area contributed by atoms with Crippen LogP contribution in [0, 0.1) is 0 Å². The summed E-state index contributed by atoms with van der Waals surface area (Å²) < 4.78 is 11.1. The Labute approximate surface area is 140 Å². The van der Waals surface area contributed by atoms with E-state index in [1.54, 1.807) is 6.26 Å². The molecule has 0 spiro atoms. The Morgan fingerprint density at radius 1 is 0.913 bits per heavy atom. The fourth-order valence-electron chi connectivity index (χ4n) is 2.31. The minimum atomic E-state index is 0.476. The van der Waals surface area contributed by atoms with Gasteiger partial charge in [-0.25, -0.2) is 0 Å². The molecule has 0 unspecified atom stereocenters. The third kappa shape index (κ3) is 4.62. The van der Waals surface area contributed by atoms with Crippen molar-refractivity contribution in [3.63, 3.8) is 0 Å². The fraction of sp³-hybridized carbons (Fsp3) is 0.158. The van der Waals surface area contributed by atoms with Gasteiger partial charge in [0.15, 0.2) is 5.76 Å². The zero-order valence-electron chi connectivity index (χ0n) is 12.7. The van der Waals surface area contributed by atoms with Crippen LogP contribution in [0.25, 0.3) is 0 Å². The van der Waals surface area contributed by atoms with Crippen LogP contribution in [0.2, 0.25) is 5.02 Å². The van der Waals surface area contributed by atoms with Gasteiger partial charge in [-0.05, 0) is 42.5 Å². The molecule has 0 aliphatic carbocycles. The van der Waals surface area contributed by atoms with Crippen molar-refractivity contribution in [2.24, 2.45) is 0 Å². The predicted octanol–water partition coefficient (Wildman–Crippen LogP) is 3.78. The molecule has 3 nitrogen and oxygen atoms in total. The van der Waals surface area contributed by atoms with Gasteiger partial charge in [-0.15, -0.1) is 0 Å². The third-order valence-corrected chi connectivity index (χ3v) is 3.95. The van der Waals surface area contributed by atoms with Crippen molar-refractivity contribution in [2.75, 3.05) is 0 Å². The number of ether oxygens (including phenoxy) is 1. The molecule has 4 heteroatoms. The number of rotatable bonds is 7. The molecule has 0 bridgehead atoms. The van der Waals surface area contributed by atoms with Crippen molar-refractivity contribution in [1.82, 2.24) is 0 Å². The van der Waals surface area contributed by atoms with E-state index in [1.165, 1.54) is 5.56 Å². The van der Waals surface area contributed by atoms with Crippen molar-refractivity contribution in [3.8, 4) is 5.75 Å². The number of furan rings is 1. The maximum Gasteiger partial charge on any atom is 0.157 e. The predicted molar refractivity (Wildman–Crippen MR) is 90.3 cm³/mol. The maximum atomic E-state index is 6.12. The molecular formula is C19H19ClNO2+. The van der Waals surface area contributed by atoms with E-state index in [0.29, 0.717) is 6.61 Å². The molecule has 0 radical (unpaired) electrons. The lowest BCUT2D eigenvalue weighted by molar-refractivity contribution is -0.687. The van der Waals surface area contributed by atoms with Crippen molar-refractivity contribution >= 4 is 11.6 Å². The van der Waals surface area contributed by atoms with Gasteiger partial charge in [0, 0.05) is 16.1 Å². The van der Waals surface area contributed by atoms with Crippen molar-refractivity contribution < 1.29 is 14.5 Å². The lowest BCUT2D eigenvalue weighted by Crippen LogP contribution is -2.80. The molecule has 2 aromatic carbocycles. The van der Waals surface area contributed by atoms with Crippen LogP contribution in [0.5, 0.6) is 5.75 Å². The van der Waals surface area contributed by atoms with Gasteiger partial charge in [0.25, 0.3) is 0 Å². The van der Waals surface area contributed by atoms with Crippen LogP contribution in [-0.4, -0.2) is 0 Å². The second kappa shape index (κ2) is 7.86. The summed E-state index contributed by atoms with van der Waals surface area (Å²) in [6.45, 7) is 2.23. The Morgan fingerprint density at radius 2 is 1.74 bits per heavy atom. The molecule has 3 rings (SSSR count). The van der Waals surface area contributed by atoms with E-state index in [9.17, 15) is 0 Å². The quantitative estimate of drug-likeness (QED) is 0.717. The van der Waals surface area contributed by atoms with Gasteiger partial charge >= 0.3 is 0 Å². The molecule has 2 N–H and O–H groups in total. The van der Waals surface area contributed by atoms with Crippen molar-refractivity contribution in [1.29, 1.82) is 0 Å². The molecule has 0 fully saturated rings. The second-order valence-electron chi connectivity index (χ2n) is 5.30. The standard InChI is InChI=1S/C19H18ClNO2/c20-19-6-2-1-4-16(19)14-23-17-9-7-15(8-10-17)12-21-13-18-5-3-11-22-18/h1-11,21H,12-14H2/p+1. The average molecular weight is 329 g/mol. The zero-order chi connectivity index (χ0) is 15.9. The Hall–Kier alpha value is -2.23. The summed E-state index contributed by atoms with van der Waals surface area (Å²) in [6, 6.07) is 19.8. The normalized spacial score (nSPS) is 10.7. The molecule has 1 aromatic heterocycles. The van der Waals surface area contributed by atoms with Gasteiger partial charge in [0.2, 0.25) is 0 Å². The van der Waals surface area contributed by atoms with Gasteiger partial charge in [0.05, 0.1) is 6.26 Å². The fourth-order valence-corrected chi connectivity index (χ4v) is 2.50. The number of hydrogen-bond acceptors (Lipinski definition) is 2. The van der Waals surface area contributed by atoms with Crippen LogP contribution in [0.3, 0.4) is 0 Å². The lowest BCUT2D eigenvalue weighted by Gasteiger charge is -2.08. The largest absolute Gasteiger partial charge is 0.489 e. The number of nitrogens with two attached hydrogens (primary N) is 1. The van der Waals surface area contributed by atoms with Crippen LogP contribution in [0.15, 0.2) is 71.3 Å². The first kappa shape index (κ1) is 15.7. The molecule has 0 atom stereocenters. The minimum absolute atomic E-state index is 0.476. The van der Waals surface area contributed by atoms with Crippen LogP contribution in [0.1, 0.15) is 16.9 Å². The molecule has 0 saturated heterocycles. The maximum absolute atomic E-state index is 6.12. The van der Waals surface area contributed by atoms with Gasteiger partial charge in [0.1, 0.15) is 25.4 Å². The molecule has 0 aliphatic heterocycles. The summed E-state index contributed by atoms with van der Waals surface area (Å²) in [4.78, 5) is 0. The summed E-state index contributed by atoms with van der Waals surface area (Å²) in [5, 5.41) is 2.94. The highest BCUT2D eigenvalue weighted by molar-refractivity contribution is 6.31. The summed E-state index contributed by atoms with van der Waals surface area (Å²) in [5.41, 5.74) is 2.24. The van der Waals surface area contributed by atoms with Crippen molar-refractivity contribution in [3.05, 3.63) is 88.8 Å². The molecule has 3 aromatic rings. The SMILES string of the molecule is Clc1ccccc1COc1ccc(C[NH2+]Cc2ccco2)cc1. The van der Waals surface area contributed by atoms with Gasteiger partial charge in [-0.3, -0.25) is 0 Å². The number of halogens is 1. The van der Waals surface area contributed by atoms with E-state index in [4.69, 9.17) is 20.8 Å². The summed E-state index contributed by atoms with van der Waals surface area (Å²) in [5.74, 6) is 1.84. The lowest BCUT2D eigenvalue weighted by atomic mass is 10.2. The summed E-state index contributed by atoms with van der Waals surface area (Å²) in [6.07, 6.45) is 1.70. The highest BCUT2D eigenvalue weighted by Gasteiger charge is 2.02. The number of hydrogen-bond donors (Lipinski definition) is 1. The molecule has 118 valence electrons. The number of quaternary nitrogens is 1. The van der Waals surface area contributed by atoms with Crippen LogP contribution < -0.4 is 10.1 Å². The first-order chi connectivity index (χ1) is 11.3. The Bertz CT molecular complexity index is 723. The van der Waals surface area contributed by atoms with Gasteiger partial charge in [-0.2, -0.15) is 0 Å². The van der Waals surface area contributed by atoms with Crippen LogP contribution >= 0.6 is 11.6 Å².